The number of H-pyrrole nitrogens is 1. The van der Waals surface area contributed by atoms with E-state index in [1.165, 1.54) is 4.31 Å². The topological polar surface area (TPSA) is 139 Å². The summed E-state index contributed by atoms with van der Waals surface area (Å²) in [7, 11) is -3.45. The van der Waals surface area contributed by atoms with Gasteiger partial charge in [0.25, 0.3) is 5.91 Å². The Balaban J connectivity index is 1.49. The van der Waals surface area contributed by atoms with Gasteiger partial charge in [-0.1, -0.05) is 43.7 Å². The van der Waals surface area contributed by atoms with Gasteiger partial charge in [0.15, 0.2) is 0 Å². The number of amides is 1. The Hall–Kier alpha value is -3.41. The highest BCUT2D eigenvalue weighted by atomic mass is 32.2. The third-order valence-corrected chi connectivity index (χ3v) is 9.26. The molecule has 1 aliphatic heterocycles. The van der Waals surface area contributed by atoms with Gasteiger partial charge in [0.1, 0.15) is 5.82 Å². The van der Waals surface area contributed by atoms with E-state index in [4.69, 9.17) is 0 Å². The molecule has 1 fully saturated rings. The van der Waals surface area contributed by atoms with E-state index in [-0.39, 0.29) is 18.2 Å². The van der Waals surface area contributed by atoms with Gasteiger partial charge >= 0.3 is 0 Å². The van der Waals surface area contributed by atoms with Crippen molar-refractivity contribution < 1.29 is 18.3 Å². The van der Waals surface area contributed by atoms with Gasteiger partial charge in [-0.3, -0.25) is 9.10 Å². The average Bonchev–Trinajstić information content (AvgIpc) is 3.43. The Kier molecular flexibility index (Phi) is 11.4. The Bertz CT molecular complexity index is 1400. The van der Waals surface area contributed by atoms with Crippen LogP contribution in [0.2, 0.25) is 0 Å². The van der Waals surface area contributed by atoms with Crippen LogP contribution in [0.4, 0.5) is 11.4 Å². The van der Waals surface area contributed by atoms with Crippen LogP contribution in [-0.4, -0.2) is 66.9 Å². The number of nitrogens with one attached hydrogen (secondary N) is 4. The molecule has 1 aliphatic rings. The maximum absolute atomic E-state index is 13.6. The molecule has 0 radical (unpaired) electrons. The summed E-state index contributed by atoms with van der Waals surface area (Å²) in [6.07, 6.45) is 5.85. The number of aryl methyl sites for hydroxylation is 1. The first-order chi connectivity index (χ1) is 20.3. The Labute approximate surface area is 249 Å². The molecule has 228 valence electrons. The van der Waals surface area contributed by atoms with Crippen LogP contribution in [0, 0.1) is 0 Å². The number of aromatic nitrogens is 2. The maximum Gasteiger partial charge on any atom is 0.251 e. The molecule has 1 aromatic heterocycles. The molecule has 42 heavy (non-hydrogen) atoms. The van der Waals surface area contributed by atoms with Gasteiger partial charge in [0.2, 0.25) is 10.0 Å². The molecule has 3 aromatic rings. The lowest BCUT2D eigenvalue weighted by molar-refractivity contribution is 0.0830. The molecule has 1 amide bonds. The fourth-order valence-corrected chi connectivity index (χ4v) is 6.76. The summed E-state index contributed by atoms with van der Waals surface area (Å²) >= 11 is 0. The van der Waals surface area contributed by atoms with E-state index in [0.717, 1.165) is 42.8 Å². The van der Waals surface area contributed by atoms with Crippen LogP contribution in [0.3, 0.4) is 0 Å². The summed E-state index contributed by atoms with van der Waals surface area (Å²) in [4.78, 5) is 21.4. The Morgan fingerprint density at radius 3 is 2.69 bits per heavy atom. The Morgan fingerprint density at radius 1 is 1.14 bits per heavy atom. The van der Waals surface area contributed by atoms with Gasteiger partial charge < -0.3 is 26.0 Å². The smallest absolute Gasteiger partial charge is 0.251 e. The van der Waals surface area contributed by atoms with E-state index in [1.54, 1.807) is 18.2 Å². The number of anilines is 2. The third kappa shape index (κ3) is 8.80. The van der Waals surface area contributed by atoms with Gasteiger partial charge in [-0.25, -0.2) is 13.4 Å². The highest BCUT2D eigenvalue weighted by Crippen LogP contribution is 2.28. The number of rotatable bonds is 15. The van der Waals surface area contributed by atoms with Crippen molar-refractivity contribution >= 4 is 27.3 Å². The fraction of sp³-hybridized carbons (Fsp3) is 0.484. The van der Waals surface area contributed by atoms with Gasteiger partial charge in [0, 0.05) is 55.7 Å². The molecule has 4 rings (SSSR count). The van der Waals surface area contributed by atoms with Crippen LogP contribution in [0.15, 0.2) is 54.7 Å². The van der Waals surface area contributed by atoms with Crippen molar-refractivity contribution in [3.8, 4) is 0 Å². The zero-order valence-corrected chi connectivity index (χ0v) is 25.4. The quantitative estimate of drug-likeness (QED) is 0.181. The van der Waals surface area contributed by atoms with Crippen LogP contribution >= 0.6 is 0 Å². The first kappa shape index (κ1) is 31.5. The molecular formula is C31H44N6O4S. The number of aliphatic hydroxyl groups excluding tert-OH is 1. The lowest BCUT2D eigenvalue weighted by Crippen LogP contribution is -2.48. The number of aliphatic hydroxyl groups is 1. The molecule has 2 heterocycles. The molecule has 0 bridgehead atoms. The number of aromatic amines is 1. The van der Waals surface area contributed by atoms with E-state index < -0.39 is 22.2 Å². The van der Waals surface area contributed by atoms with Gasteiger partial charge in [-0.2, -0.15) is 0 Å². The number of benzene rings is 2. The van der Waals surface area contributed by atoms with Crippen molar-refractivity contribution in [1.29, 1.82) is 0 Å². The van der Waals surface area contributed by atoms with Crippen LogP contribution in [0.1, 0.15) is 67.0 Å². The first-order valence-corrected chi connectivity index (χ1v) is 16.6. The zero-order valence-electron chi connectivity index (χ0n) is 24.6. The Morgan fingerprint density at radius 2 is 1.95 bits per heavy atom. The number of carbonyl (C=O) groups excluding carboxylic acids is 1. The summed E-state index contributed by atoms with van der Waals surface area (Å²) in [5.74, 6) is 0.677. The molecule has 1 saturated heterocycles. The number of carbonyl (C=O) groups is 1. The lowest BCUT2D eigenvalue weighted by atomic mass is 10.00. The average molecular weight is 597 g/mol. The molecule has 5 N–H and O–H groups in total. The number of hydrogen-bond donors (Lipinski definition) is 5. The molecule has 0 aliphatic carbocycles. The van der Waals surface area contributed by atoms with Crippen molar-refractivity contribution in [2.45, 2.75) is 71.1 Å². The predicted octanol–water partition coefficient (Wildman–Crippen LogP) is 3.61. The second kappa shape index (κ2) is 15.2. The van der Waals surface area contributed by atoms with Crippen molar-refractivity contribution in [2.24, 2.45) is 0 Å². The predicted molar refractivity (Wildman–Crippen MR) is 167 cm³/mol. The minimum Gasteiger partial charge on any atom is -0.390 e. The number of sulfonamides is 1. The standard InChI is InChI=1S/C31H44N6O4S/c1-3-5-13-30-34-21-26(35-30)20-32-22-29(38)28(16-23-11-7-6-8-12-23)36-31(39)24-17-25(33-4-2)19-27(18-24)37-14-9-10-15-42(37,40)41/h6-8,11-12,17-19,21,28-29,32-33,38H,3-5,9-10,13-16,20,22H2,1-2H3,(H,34,35)(H,36,39)/t28-,29+/m0/s1. The van der Waals surface area contributed by atoms with Gasteiger partial charge in [-0.15, -0.1) is 0 Å². The van der Waals surface area contributed by atoms with Crippen LogP contribution in [-0.2, 0) is 29.4 Å². The van der Waals surface area contributed by atoms with E-state index in [2.05, 4.69) is 32.8 Å². The SMILES string of the molecule is CCCCc1ncc(CNC[C@@H](O)[C@H](Cc2ccccc2)NC(=O)c2cc(NCC)cc(N3CCCCS3(=O)=O)c2)[nH]1. The van der Waals surface area contributed by atoms with Crippen LogP contribution in [0.5, 0.6) is 0 Å². The monoisotopic (exact) mass is 596 g/mol. The van der Waals surface area contributed by atoms with Crippen molar-refractivity contribution in [1.82, 2.24) is 20.6 Å². The highest BCUT2D eigenvalue weighted by molar-refractivity contribution is 7.92. The minimum atomic E-state index is -3.45. The van der Waals surface area contributed by atoms with E-state index in [9.17, 15) is 18.3 Å². The summed E-state index contributed by atoms with van der Waals surface area (Å²) in [6, 6.07) is 14.2. The van der Waals surface area contributed by atoms with Crippen molar-refractivity contribution in [3.63, 3.8) is 0 Å². The minimum absolute atomic E-state index is 0.0942. The fourth-order valence-electron chi connectivity index (χ4n) is 5.14. The molecule has 0 saturated carbocycles. The zero-order chi connectivity index (χ0) is 30.0. The summed E-state index contributed by atoms with van der Waals surface area (Å²) in [5, 5.41) is 20.8. The van der Waals surface area contributed by atoms with E-state index >= 15 is 0 Å². The molecule has 10 nitrogen and oxygen atoms in total. The molecular weight excluding hydrogens is 552 g/mol. The molecule has 0 unspecified atom stereocenters. The van der Waals surface area contributed by atoms with Crippen LogP contribution < -0.4 is 20.3 Å². The van der Waals surface area contributed by atoms with Gasteiger partial charge in [-0.05, 0) is 56.4 Å². The molecule has 0 spiro atoms. The van der Waals surface area contributed by atoms with Gasteiger partial charge in [0.05, 0.1) is 23.6 Å². The van der Waals surface area contributed by atoms with Crippen molar-refractivity contribution in [3.05, 3.63) is 77.4 Å². The second-order valence-corrected chi connectivity index (χ2v) is 12.8. The number of imidazole rings is 1. The van der Waals surface area contributed by atoms with Crippen LogP contribution in [0.25, 0.3) is 0 Å². The first-order valence-electron chi connectivity index (χ1n) is 14.9. The summed E-state index contributed by atoms with van der Waals surface area (Å²) in [5.41, 5.74) is 3.40. The third-order valence-electron chi connectivity index (χ3n) is 7.39. The molecule has 2 atom stereocenters. The number of nitrogens with zero attached hydrogens (tertiary/aromatic N) is 2. The highest BCUT2D eigenvalue weighted by Gasteiger charge is 2.28. The van der Waals surface area contributed by atoms with E-state index in [0.29, 0.717) is 49.4 Å². The number of unbranched alkanes of at least 4 members (excludes halogenated alkanes) is 1. The summed E-state index contributed by atoms with van der Waals surface area (Å²) < 4.78 is 27.0. The normalized spacial score (nSPS) is 16.1. The molecule has 2 aromatic carbocycles. The maximum atomic E-state index is 13.6. The summed E-state index contributed by atoms with van der Waals surface area (Å²) in [6.45, 7) is 5.87. The largest absolute Gasteiger partial charge is 0.390 e. The van der Waals surface area contributed by atoms with E-state index in [1.807, 2.05) is 43.5 Å². The lowest BCUT2D eigenvalue weighted by Gasteiger charge is -2.29. The second-order valence-electron chi connectivity index (χ2n) is 10.8. The number of hydrogen-bond acceptors (Lipinski definition) is 7. The molecule has 11 heteroatoms. The van der Waals surface area contributed by atoms with Crippen molar-refractivity contribution in [2.75, 3.05) is 35.0 Å².